The summed E-state index contributed by atoms with van der Waals surface area (Å²) in [5.74, 6) is -0.970. The summed E-state index contributed by atoms with van der Waals surface area (Å²) >= 11 is 0. The monoisotopic (exact) mass is 287 g/mol. The molecule has 0 spiro atoms. The van der Waals surface area contributed by atoms with Crippen LogP contribution in [0.25, 0.3) is 0 Å². The molecule has 2 atom stereocenters. The van der Waals surface area contributed by atoms with E-state index in [1.807, 2.05) is 4.90 Å². The summed E-state index contributed by atoms with van der Waals surface area (Å²) in [5, 5.41) is 8.92. The Morgan fingerprint density at radius 1 is 1.14 bits per heavy atom. The molecule has 0 aromatic heterocycles. The van der Waals surface area contributed by atoms with Crippen molar-refractivity contribution in [2.45, 2.75) is 32.1 Å². The summed E-state index contributed by atoms with van der Waals surface area (Å²) in [6, 6.07) is 8.44. The van der Waals surface area contributed by atoms with Crippen molar-refractivity contribution in [3.8, 4) is 0 Å². The predicted molar refractivity (Wildman–Crippen MR) is 79.0 cm³/mol. The van der Waals surface area contributed by atoms with Crippen molar-refractivity contribution >= 4 is 11.9 Å². The number of benzene rings is 1. The molecule has 2 unspecified atom stereocenters. The second-order valence-electron chi connectivity index (χ2n) is 6.24. The van der Waals surface area contributed by atoms with Crippen LogP contribution in [0.15, 0.2) is 24.3 Å². The number of aliphatic carboxylic acids is 1. The van der Waals surface area contributed by atoms with Gasteiger partial charge in [0.25, 0.3) is 0 Å². The number of piperidine rings is 1. The van der Waals surface area contributed by atoms with Crippen molar-refractivity contribution < 1.29 is 14.7 Å². The fraction of sp³-hybridized carbons (Fsp3) is 0.529. The van der Waals surface area contributed by atoms with E-state index in [2.05, 4.69) is 31.2 Å². The minimum atomic E-state index is -0.830. The lowest BCUT2D eigenvalue weighted by atomic mass is 9.87. The first-order chi connectivity index (χ1) is 10.1. The zero-order chi connectivity index (χ0) is 15.0. The molecular formula is C17H21NO3. The van der Waals surface area contributed by atoms with Gasteiger partial charge in [-0.25, -0.2) is 0 Å². The molecule has 1 aliphatic heterocycles. The van der Waals surface area contributed by atoms with Crippen molar-refractivity contribution in [1.82, 2.24) is 4.90 Å². The largest absolute Gasteiger partial charge is 0.481 e. The highest BCUT2D eigenvalue weighted by atomic mass is 16.4. The number of likely N-dealkylation sites (tertiary alicyclic amines) is 1. The third-order valence-corrected chi connectivity index (χ3v) is 4.86. The Labute approximate surface area is 124 Å². The van der Waals surface area contributed by atoms with E-state index in [0.29, 0.717) is 12.3 Å². The quantitative estimate of drug-likeness (QED) is 0.929. The topological polar surface area (TPSA) is 57.6 Å². The number of nitrogens with zero attached hydrogens (tertiary/aromatic N) is 1. The molecule has 2 fully saturated rings. The van der Waals surface area contributed by atoms with E-state index in [1.54, 1.807) is 0 Å². The maximum atomic E-state index is 12.2. The zero-order valence-corrected chi connectivity index (χ0v) is 12.3. The number of rotatable bonds is 3. The molecular weight excluding hydrogens is 266 g/mol. The molecule has 1 saturated heterocycles. The van der Waals surface area contributed by atoms with Gasteiger partial charge in [-0.2, -0.15) is 0 Å². The highest BCUT2D eigenvalue weighted by molar-refractivity contribution is 5.89. The van der Waals surface area contributed by atoms with Gasteiger partial charge in [0, 0.05) is 13.1 Å². The van der Waals surface area contributed by atoms with E-state index < -0.39 is 11.9 Å². The fourth-order valence-corrected chi connectivity index (χ4v) is 3.43. The number of carboxylic acid groups (broad SMARTS) is 1. The van der Waals surface area contributed by atoms with Crippen LogP contribution in [0.1, 0.15) is 36.3 Å². The van der Waals surface area contributed by atoms with Gasteiger partial charge in [-0.15, -0.1) is 0 Å². The van der Waals surface area contributed by atoms with Crippen LogP contribution in [-0.4, -0.2) is 35.0 Å². The summed E-state index contributed by atoms with van der Waals surface area (Å²) in [6.45, 7) is 3.63. The molecule has 1 saturated carbocycles. The van der Waals surface area contributed by atoms with Crippen molar-refractivity contribution in [2.24, 2.45) is 11.8 Å². The molecule has 0 radical (unpaired) electrons. The van der Waals surface area contributed by atoms with Crippen LogP contribution in [0.4, 0.5) is 0 Å². The molecule has 2 aliphatic rings. The molecule has 4 heteroatoms. The summed E-state index contributed by atoms with van der Waals surface area (Å²) in [6.07, 6.45) is 2.47. The molecule has 0 bridgehead atoms. The highest BCUT2D eigenvalue weighted by Gasteiger charge is 2.50. The summed E-state index contributed by atoms with van der Waals surface area (Å²) < 4.78 is 0. The smallest absolute Gasteiger partial charge is 0.307 e. The molecule has 3 rings (SSSR count). The van der Waals surface area contributed by atoms with Gasteiger partial charge in [0.15, 0.2) is 0 Å². The number of carbonyl (C=O) groups is 2. The van der Waals surface area contributed by atoms with E-state index in [-0.39, 0.29) is 11.8 Å². The van der Waals surface area contributed by atoms with E-state index >= 15 is 0 Å². The third kappa shape index (κ3) is 2.80. The van der Waals surface area contributed by atoms with E-state index in [1.165, 1.54) is 11.1 Å². The van der Waals surface area contributed by atoms with E-state index in [9.17, 15) is 9.59 Å². The lowest BCUT2D eigenvalue weighted by molar-refractivity contribution is -0.142. The normalized spacial score (nSPS) is 25.7. The Morgan fingerprint density at radius 3 is 2.38 bits per heavy atom. The molecule has 1 aromatic carbocycles. The predicted octanol–water partition coefficient (Wildman–Crippen LogP) is 2.42. The first-order valence-electron chi connectivity index (χ1n) is 7.65. The van der Waals surface area contributed by atoms with Gasteiger partial charge in [0.05, 0.1) is 11.8 Å². The van der Waals surface area contributed by atoms with Gasteiger partial charge in [0.1, 0.15) is 0 Å². The van der Waals surface area contributed by atoms with Crippen LogP contribution in [0.3, 0.4) is 0 Å². The Morgan fingerprint density at radius 2 is 1.81 bits per heavy atom. The highest BCUT2D eigenvalue weighted by Crippen LogP contribution is 2.41. The number of carboxylic acids is 1. The first kappa shape index (κ1) is 14.1. The summed E-state index contributed by atoms with van der Waals surface area (Å²) in [7, 11) is 0. The van der Waals surface area contributed by atoms with Crippen molar-refractivity contribution in [1.29, 1.82) is 0 Å². The molecule has 21 heavy (non-hydrogen) atoms. The van der Waals surface area contributed by atoms with E-state index in [4.69, 9.17) is 5.11 Å². The number of carbonyl (C=O) groups excluding carboxylic acids is 1. The summed E-state index contributed by atoms with van der Waals surface area (Å²) in [4.78, 5) is 25.0. The van der Waals surface area contributed by atoms with Crippen LogP contribution in [-0.2, 0) is 9.59 Å². The van der Waals surface area contributed by atoms with Gasteiger partial charge in [0.2, 0.25) is 5.91 Å². The lowest BCUT2D eigenvalue weighted by Crippen LogP contribution is -2.39. The van der Waals surface area contributed by atoms with Crippen molar-refractivity contribution in [2.75, 3.05) is 13.1 Å². The van der Waals surface area contributed by atoms with Crippen LogP contribution < -0.4 is 0 Å². The zero-order valence-electron chi connectivity index (χ0n) is 12.3. The Bertz CT molecular complexity index is 561. The number of hydrogen-bond acceptors (Lipinski definition) is 2. The van der Waals surface area contributed by atoms with Crippen molar-refractivity contribution in [3.63, 3.8) is 0 Å². The van der Waals surface area contributed by atoms with Crippen LogP contribution >= 0.6 is 0 Å². The van der Waals surface area contributed by atoms with Crippen LogP contribution in [0.5, 0.6) is 0 Å². The molecule has 4 nitrogen and oxygen atoms in total. The average Bonchev–Trinajstić information content (AvgIpc) is 3.28. The maximum Gasteiger partial charge on any atom is 0.307 e. The molecule has 112 valence electrons. The minimum Gasteiger partial charge on any atom is -0.481 e. The van der Waals surface area contributed by atoms with Crippen LogP contribution in [0, 0.1) is 18.8 Å². The fourth-order valence-electron chi connectivity index (χ4n) is 3.43. The number of amides is 1. The van der Waals surface area contributed by atoms with Gasteiger partial charge < -0.3 is 10.0 Å². The average molecular weight is 287 g/mol. The third-order valence-electron chi connectivity index (χ3n) is 4.86. The minimum absolute atomic E-state index is 0.0469. The molecule has 1 aliphatic carbocycles. The summed E-state index contributed by atoms with van der Waals surface area (Å²) in [5.41, 5.74) is 2.70. The molecule has 1 amide bonds. The van der Waals surface area contributed by atoms with Gasteiger partial charge in [-0.05, 0) is 43.2 Å². The Hall–Kier alpha value is -1.84. The van der Waals surface area contributed by atoms with E-state index in [0.717, 1.165) is 25.9 Å². The van der Waals surface area contributed by atoms with Gasteiger partial charge >= 0.3 is 5.97 Å². The second-order valence-corrected chi connectivity index (χ2v) is 6.24. The molecule has 1 heterocycles. The Balaban J connectivity index is 1.57. The van der Waals surface area contributed by atoms with Gasteiger partial charge in [-0.1, -0.05) is 24.3 Å². The standard InChI is InChI=1S/C17H21NO3/c1-11-4-2-3-5-13(11)12-6-8-18(9-7-12)16(19)14-10-15(14)17(20)21/h2-5,12,14-15H,6-10H2,1H3,(H,20,21). The molecule has 1 N–H and O–H groups in total. The number of aryl methyl sites for hydroxylation is 1. The Kier molecular flexibility index (Phi) is 3.70. The van der Waals surface area contributed by atoms with Crippen LogP contribution in [0.2, 0.25) is 0 Å². The lowest BCUT2D eigenvalue weighted by Gasteiger charge is -2.33. The van der Waals surface area contributed by atoms with Gasteiger partial charge in [-0.3, -0.25) is 9.59 Å². The molecule has 1 aromatic rings. The maximum absolute atomic E-state index is 12.2. The first-order valence-corrected chi connectivity index (χ1v) is 7.65. The second kappa shape index (κ2) is 5.51. The van der Waals surface area contributed by atoms with Crippen molar-refractivity contribution in [3.05, 3.63) is 35.4 Å². The number of hydrogen-bond donors (Lipinski definition) is 1. The SMILES string of the molecule is Cc1ccccc1C1CCN(C(=O)C2CC2C(=O)O)CC1.